The van der Waals surface area contributed by atoms with Gasteiger partial charge in [0.2, 0.25) is 5.88 Å². The van der Waals surface area contributed by atoms with Gasteiger partial charge in [0.15, 0.2) is 5.82 Å². The Morgan fingerprint density at radius 2 is 2.25 bits per heavy atom. The van der Waals surface area contributed by atoms with Crippen molar-refractivity contribution in [3.8, 4) is 17.3 Å². The molecular weight excluding hydrogens is 262 g/mol. The second kappa shape index (κ2) is 5.24. The lowest BCUT2D eigenvalue weighted by atomic mass is 9.94. The van der Waals surface area contributed by atoms with E-state index >= 15 is 0 Å². The molecule has 20 heavy (non-hydrogen) atoms. The summed E-state index contributed by atoms with van der Waals surface area (Å²) in [5.41, 5.74) is -0.374. The van der Waals surface area contributed by atoms with Crippen LogP contribution in [0, 0.1) is 5.41 Å². The Kier molecular flexibility index (Phi) is 3.64. The van der Waals surface area contributed by atoms with Crippen LogP contribution in [0.25, 0.3) is 11.4 Å². The zero-order valence-corrected chi connectivity index (χ0v) is 11.4. The fourth-order valence-electron chi connectivity index (χ4n) is 1.67. The van der Waals surface area contributed by atoms with Gasteiger partial charge < -0.3 is 9.84 Å². The maximum absolute atomic E-state index is 11.2. The van der Waals surface area contributed by atoms with E-state index in [-0.39, 0.29) is 6.54 Å². The van der Waals surface area contributed by atoms with Crippen molar-refractivity contribution in [2.45, 2.75) is 20.4 Å². The summed E-state index contributed by atoms with van der Waals surface area (Å²) in [5, 5.41) is 20.6. The van der Waals surface area contributed by atoms with Crippen molar-refractivity contribution in [1.29, 1.82) is 0 Å². The molecule has 0 unspecified atom stereocenters. The van der Waals surface area contributed by atoms with Crippen molar-refractivity contribution in [2.24, 2.45) is 5.41 Å². The monoisotopic (exact) mass is 277 g/mol. The third-order valence-electron chi connectivity index (χ3n) is 2.86. The number of ether oxygens (including phenoxy) is 1. The fourth-order valence-corrected chi connectivity index (χ4v) is 1.67. The Balaban J connectivity index is 2.41. The molecule has 1 N–H and O–H groups in total. The molecule has 0 aliphatic heterocycles. The lowest BCUT2D eigenvalue weighted by Crippen LogP contribution is -2.30. The summed E-state index contributed by atoms with van der Waals surface area (Å²) in [6.07, 6.45) is 1.59. The van der Waals surface area contributed by atoms with Crippen molar-refractivity contribution in [2.75, 3.05) is 7.11 Å². The molecule has 8 nitrogen and oxygen atoms in total. The highest BCUT2D eigenvalue weighted by Gasteiger charge is 2.30. The van der Waals surface area contributed by atoms with Gasteiger partial charge in [-0.25, -0.2) is 9.67 Å². The number of rotatable bonds is 5. The molecule has 0 aliphatic carbocycles. The molecule has 0 bridgehead atoms. The van der Waals surface area contributed by atoms with Gasteiger partial charge in [-0.1, -0.05) is 0 Å². The number of carboxylic acids is 1. The Labute approximate surface area is 115 Å². The molecule has 2 heterocycles. The van der Waals surface area contributed by atoms with Crippen LogP contribution in [0.3, 0.4) is 0 Å². The van der Waals surface area contributed by atoms with Crippen molar-refractivity contribution in [3.05, 3.63) is 18.3 Å². The summed E-state index contributed by atoms with van der Waals surface area (Å²) < 4.78 is 6.60. The Morgan fingerprint density at radius 1 is 1.50 bits per heavy atom. The maximum atomic E-state index is 11.2. The second-order valence-electron chi connectivity index (χ2n) is 4.91. The van der Waals surface area contributed by atoms with Crippen molar-refractivity contribution in [3.63, 3.8) is 0 Å². The highest BCUT2D eigenvalue weighted by atomic mass is 16.5. The van der Waals surface area contributed by atoms with E-state index < -0.39 is 11.4 Å². The first-order valence-electron chi connectivity index (χ1n) is 5.94. The van der Waals surface area contributed by atoms with E-state index in [1.54, 1.807) is 32.2 Å². The number of hydrogen-bond acceptors (Lipinski definition) is 6. The molecule has 2 rings (SSSR count). The molecule has 0 spiro atoms. The van der Waals surface area contributed by atoms with Crippen LogP contribution in [0.2, 0.25) is 0 Å². The standard InChI is InChI=1S/C12H15N5O3/c1-12(2,11(18)19)7-17-9(14-15-16-17)8-5-4-6-13-10(8)20-3/h4-6H,7H2,1-3H3,(H,18,19). The molecule has 0 aromatic carbocycles. The number of tetrazole rings is 1. The summed E-state index contributed by atoms with van der Waals surface area (Å²) >= 11 is 0. The molecule has 0 fully saturated rings. The number of aliphatic carboxylic acids is 1. The van der Waals surface area contributed by atoms with Crippen molar-refractivity contribution >= 4 is 5.97 Å². The second-order valence-corrected chi connectivity index (χ2v) is 4.91. The third kappa shape index (κ3) is 2.58. The number of methoxy groups -OCH3 is 1. The van der Waals surface area contributed by atoms with Gasteiger partial charge in [-0.15, -0.1) is 5.10 Å². The maximum Gasteiger partial charge on any atom is 0.310 e. The third-order valence-corrected chi connectivity index (χ3v) is 2.86. The van der Waals surface area contributed by atoms with Crippen LogP contribution in [0.1, 0.15) is 13.8 Å². The number of carbonyl (C=O) groups is 1. The number of carboxylic acid groups (broad SMARTS) is 1. The predicted molar refractivity (Wildman–Crippen MR) is 69.0 cm³/mol. The van der Waals surface area contributed by atoms with Crippen LogP contribution in [-0.4, -0.2) is 43.4 Å². The molecule has 0 atom stereocenters. The van der Waals surface area contributed by atoms with Gasteiger partial charge in [-0.2, -0.15) is 0 Å². The molecule has 0 saturated carbocycles. The fraction of sp³-hybridized carbons (Fsp3) is 0.417. The van der Waals surface area contributed by atoms with Crippen LogP contribution in [0.5, 0.6) is 5.88 Å². The summed E-state index contributed by atoms with van der Waals surface area (Å²) in [5.74, 6) is -0.113. The molecule has 2 aromatic heterocycles. The van der Waals surface area contributed by atoms with E-state index in [9.17, 15) is 9.90 Å². The van der Waals surface area contributed by atoms with Gasteiger partial charge in [-0.3, -0.25) is 4.79 Å². The minimum Gasteiger partial charge on any atom is -0.481 e. The van der Waals surface area contributed by atoms with Crippen LogP contribution < -0.4 is 4.74 Å². The van der Waals surface area contributed by atoms with E-state index in [0.29, 0.717) is 17.3 Å². The smallest absolute Gasteiger partial charge is 0.310 e. The van der Waals surface area contributed by atoms with Crippen LogP contribution in [-0.2, 0) is 11.3 Å². The number of pyridine rings is 1. The van der Waals surface area contributed by atoms with Gasteiger partial charge in [-0.05, 0) is 36.4 Å². The van der Waals surface area contributed by atoms with E-state index in [1.165, 1.54) is 11.8 Å². The van der Waals surface area contributed by atoms with Crippen LogP contribution in [0.4, 0.5) is 0 Å². The summed E-state index contributed by atoms with van der Waals surface area (Å²) in [6.45, 7) is 3.37. The Morgan fingerprint density at radius 3 is 2.90 bits per heavy atom. The molecule has 106 valence electrons. The topological polar surface area (TPSA) is 103 Å². The highest BCUT2D eigenvalue weighted by molar-refractivity contribution is 5.73. The first-order valence-corrected chi connectivity index (χ1v) is 5.94. The predicted octanol–water partition coefficient (Wildman–Crippen LogP) is 0.854. The average Bonchev–Trinajstić information content (AvgIpc) is 2.85. The largest absolute Gasteiger partial charge is 0.481 e. The van der Waals surface area contributed by atoms with E-state index in [1.807, 2.05) is 0 Å². The van der Waals surface area contributed by atoms with Gasteiger partial charge >= 0.3 is 5.97 Å². The van der Waals surface area contributed by atoms with Crippen molar-refractivity contribution in [1.82, 2.24) is 25.2 Å². The first kappa shape index (κ1) is 13.9. The zero-order chi connectivity index (χ0) is 14.8. The minimum absolute atomic E-state index is 0.142. The van der Waals surface area contributed by atoms with E-state index in [0.717, 1.165) is 0 Å². The molecule has 0 radical (unpaired) electrons. The van der Waals surface area contributed by atoms with Crippen molar-refractivity contribution < 1.29 is 14.6 Å². The molecule has 8 heteroatoms. The minimum atomic E-state index is -0.987. The number of hydrogen-bond donors (Lipinski definition) is 1. The Hall–Kier alpha value is -2.51. The van der Waals surface area contributed by atoms with Gasteiger partial charge in [0, 0.05) is 6.20 Å². The Bertz CT molecular complexity index is 623. The molecular formula is C12H15N5O3. The number of aromatic nitrogens is 5. The lowest BCUT2D eigenvalue weighted by molar-refractivity contribution is -0.147. The van der Waals surface area contributed by atoms with E-state index in [4.69, 9.17) is 4.74 Å². The highest BCUT2D eigenvalue weighted by Crippen LogP contribution is 2.27. The molecule has 2 aromatic rings. The quantitative estimate of drug-likeness (QED) is 0.864. The van der Waals surface area contributed by atoms with Crippen LogP contribution in [0.15, 0.2) is 18.3 Å². The summed E-state index contributed by atoms with van der Waals surface area (Å²) in [4.78, 5) is 15.3. The summed E-state index contributed by atoms with van der Waals surface area (Å²) in [7, 11) is 1.50. The van der Waals surface area contributed by atoms with Crippen LogP contribution >= 0.6 is 0 Å². The van der Waals surface area contributed by atoms with Gasteiger partial charge in [0.05, 0.1) is 24.6 Å². The molecule has 0 saturated heterocycles. The molecule has 0 amide bonds. The molecule has 0 aliphatic rings. The van der Waals surface area contributed by atoms with E-state index in [2.05, 4.69) is 20.5 Å². The normalized spacial score (nSPS) is 11.3. The first-order chi connectivity index (χ1) is 9.45. The van der Waals surface area contributed by atoms with Gasteiger partial charge in [0.25, 0.3) is 0 Å². The lowest BCUT2D eigenvalue weighted by Gasteiger charge is -2.19. The zero-order valence-electron chi connectivity index (χ0n) is 11.4. The average molecular weight is 277 g/mol. The SMILES string of the molecule is COc1ncccc1-c1nnnn1CC(C)(C)C(=O)O. The number of nitrogens with zero attached hydrogens (tertiary/aromatic N) is 5. The van der Waals surface area contributed by atoms with Gasteiger partial charge in [0.1, 0.15) is 0 Å². The summed E-state index contributed by atoms with van der Waals surface area (Å²) in [6, 6.07) is 3.50.